The van der Waals surface area contributed by atoms with Gasteiger partial charge >= 0.3 is 6.18 Å². The zero-order chi connectivity index (χ0) is 16.2. The van der Waals surface area contributed by atoms with Crippen molar-refractivity contribution >= 4 is 17.3 Å². The average Bonchev–Trinajstić information content (AvgIpc) is 2.47. The van der Waals surface area contributed by atoms with Gasteiger partial charge < -0.3 is 10.2 Å². The molecule has 0 radical (unpaired) electrons. The number of carbonyl (C=O) groups is 1. The van der Waals surface area contributed by atoms with Crippen LogP contribution < -0.4 is 10.2 Å². The molecule has 0 bridgehead atoms. The molecule has 0 saturated carbocycles. The molecule has 1 N–H and O–H groups in total. The molecule has 3 nitrogen and oxygen atoms in total. The summed E-state index contributed by atoms with van der Waals surface area (Å²) in [6, 6.07) is 13.7. The number of nitrogens with one attached hydrogen (secondary N) is 1. The minimum Gasteiger partial charge on any atom is -0.365 e. The number of para-hydroxylation sites is 1. The molecule has 0 aliphatic rings. The minimum absolute atomic E-state index is 0.102. The van der Waals surface area contributed by atoms with Crippen LogP contribution in [0.1, 0.15) is 5.56 Å². The van der Waals surface area contributed by atoms with Gasteiger partial charge in [-0.15, -0.1) is 0 Å². The molecule has 0 aliphatic carbocycles. The van der Waals surface area contributed by atoms with Crippen molar-refractivity contribution in [1.82, 2.24) is 0 Å². The lowest BCUT2D eigenvalue weighted by molar-refractivity contribution is -0.137. The van der Waals surface area contributed by atoms with E-state index < -0.39 is 11.7 Å². The average molecular weight is 308 g/mol. The number of hydrogen-bond donors (Lipinski definition) is 1. The van der Waals surface area contributed by atoms with Crippen molar-refractivity contribution < 1.29 is 18.0 Å². The van der Waals surface area contributed by atoms with Gasteiger partial charge in [-0.05, 0) is 36.4 Å². The fraction of sp³-hybridized carbons (Fsp3) is 0.188. The Bertz CT molecular complexity index is 624. The molecule has 0 atom stereocenters. The molecule has 0 unspecified atom stereocenters. The van der Waals surface area contributed by atoms with Gasteiger partial charge in [0.15, 0.2) is 0 Å². The van der Waals surface area contributed by atoms with Gasteiger partial charge in [0, 0.05) is 18.4 Å². The number of rotatable bonds is 4. The Hall–Kier alpha value is -2.50. The van der Waals surface area contributed by atoms with Crippen LogP contribution in [0, 0.1) is 0 Å². The molecule has 0 aliphatic heterocycles. The maximum atomic E-state index is 12.4. The zero-order valence-electron chi connectivity index (χ0n) is 11.9. The fourth-order valence-corrected chi connectivity index (χ4v) is 1.93. The highest BCUT2D eigenvalue weighted by Gasteiger charge is 2.29. The second-order valence-electron chi connectivity index (χ2n) is 4.81. The van der Waals surface area contributed by atoms with E-state index in [0.717, 1.165) is 17.8 Å². The molecule has 0 fully saturated rings. The molecule has 2 aromatic rings. The van der Waals surface area contributed by atoms with Gasteiger partial charge in [-0.25, -0.2) is 0 Å². The lowest BCUT2D eigenvalue weighted by Gasteiger charge is -2.18. The van der Waals surface area contributed by atoms with Crippen LogP contribution in [0.2, 0.25) is 0 Å². The van der Waals surface area contributed by atoms with Crippen molar-refractivity contribution in [1.29, 1.82) is 0 Å². The first kappa shape index (κ1) is 15.9. The molecule has 0 aromatic heterocycles. The van der Waals surface area contributed by atoms with Gasteiger partial charge in [0.25, 0.3) is 0 Å². The number of amides is 1. The fourth-order valence-electron chi connectivity index (χ4n) is 1.93. The first-order valence-electron chi connectivity index (χ1n) is 6.59. The molecule has 0 heterocycles. The number of anilines is 2. The standard InChI is InChI=1S/C16H15F3N2O/c1-21(14-5-3-2-4-6-14)11-15(22)20-13-9-7-12(8-10-13)16(17,18)19/h2-10H,11H2,1H3,(H,20,22). The SMILES string of the molecule is CN(CC(=O)Nc1ccc(C(F)(F)F)cc1)c1ccccc1. The lowest BCUT2D eigenvalue weighted by atomic mass is 10.2. The maximum absolute atomic E-state index is 12.4. The second-order valence-corrected chi connectivity index (χ2v) is 4.81. The molecule has 0 saturated heterocycles. The molecule has 1 amide bonds. The van der Waals surface area contributed by atoms with Crippen LogP contribution in [-0.2, 0) is 11.0 Å². The van der Waals surface area contributed by atoms with E-state index in [1.54, 1.807) is 11.9 Å². The van der Waals surface area contributed by atoms with Gasteiger partial charge in [-0.1, -0.05) is 18.2 Å². The van der Waals surface area contributed by atoms with E-state index in [1.165, 1.54) is 12.1 Å². The van der Waals surface area contributed by atoms with Gasteiger partial charge in [0.1, 0.15) is 0 Å². The van der Waals surface area contributed by atoms with Gasteiger partial charge in [-0.2, -0.15) is 13.2 Å². The Balaban J connectivity index is 1.95. The monoisotopic (exact) mass is 308 g/mol. The van der Waals surface area contributed by atoms with Crippen LogP contribution in [0.4, 0.5) is 24.5 Å². The van der Waals surface area contributed by atoms with Crippen LogP contribution in [0.3, 0.4) is 0 Å². The van der Waals surface area contributed by atoms with Crippen LogP contribution in [0.5, 0.6) is 0 Å². The highest BCUT2D eigenvalue weighted by molar-refractivity contribution is 5.94. The molecule has 2 aromatic carbocycles. The summed E-state index contributed by atoms with van der Waals surface area (Å²) in [5.41, 5.74) is 0.469. The number of likely N-dealkylation sites (N-methyl/N-ethyl adjacent to an activating group) is 1. The third kappa shape index (κ3) is 4.25. The van der Waals surface area contributed by atoms with E-state index >= 15 is 0 Å². The van der Waals surface area contributed by atoms with E-state index in [-0.39, 0.29) is 12.5 Å². The van der Waals surface area contributed by atoms with Crippen molar-refractivity contribution in [2.75, 3.05) is 23.8 Å². The Kier molecular flexibility index (Phi) is 4.70. The van der Waals surface area contributed by atoms with Crippen molar-refractivity contribution in [2.24, 2.45) is 0 Å². The molecular formula is C16H15F3N2O. The number of carbonyl (C=O) groups excluding carboxylic acids is 1. The summed E-state index contributed by atoms with van der Waals surface area (Å²) in [5, 5.41) is 2.57. The van der Waals surface area contributed by atoms with E-state index in [9.17, 15) is 18.0 Å². The lowest BCUT2D eigenvalue weighted by Crippen LogP contribution is -2.29. The summed E-state index contributed by atoms with van der Waals surface area (Å²) in [4.78, 5) is 13.7. The number of halogens is 3. The van der Waals surface area contributed by atoms with Gasteiger partial charge in [-0.3, -0.25) is 4.79 Å². The highest BCUT2D eigenvalue weighted by Crippen LogP contribution is 2.29. The Morgan fingerprint density at radius 3 is 2.18 bits per heavy atom. The normalized spacial score (nSPS) is 11.1. The first-order chi connectivity index (χ1) is 10.4. The van der Waals surface area contributed by atoms with Crippen molar-refractivity contribution in [3.8, 4) is 0 Å². The number of hydrogen-bond acceptors (Lipinski definition) is 2. The Morgan fingerprint density at radius 2 is 1.64 bits per heavy atom. The molecule has 22 heavy (non-hydrogen) atoms. The van der Waals surface area contributed by atoms with Crippen LogP contribution in [0.15, 0.2) is 54.6 Å². The third-order valence-corrected chi connectivity index (χ3v) is 3.07. The maximum Gasteiger partial charge on any atom is 0.416 e. The number of benzene rings is 2. The Morgan fingerprint density at radius 1 is 1.05 bits per heavy atom. The quantitative estimate of drug-likeness (QED) is 0.932. The van der Waals surface area contributed by atoms with E-state index in [0.29, 0.717) is 5.69 Å². The van der Waals surface area contributed by atoms with Crippen LogP contribution >= 0.6 is 0 Å². The van der Waals surface area contributed by atoms with Crippen molar-refractivity contribution in [2.45, 2.75) is 6.18 Å². The number of nitrogens with zero attached hydrogens (tertiary/aromatic N) is 1. The predicted octanol–water partition coefficient (Wildman–Crippen LogP) is 3.78. The summed E-state index contributed by atoms with van der Waals surface area (Å²) < 4.78 is 37.3. The zero-order valence-corrected chi connectivity index (χ0v) is 11.9. The summed E-state index contributed by atoms with van der Waals surface area (Å²) in [5.74, 6) is -0.300. The molecular weight excluding hydrogens is 293 g/mol. The Labute approximate surface area is 126 Å². The highest BCUT2D eigenvalue weighted by atomic mass is 19.4. The predicted molar refractivity (Wildman–Crippen MR) is 79.8 cm³/mol. The second kappa shape index (κ2) is 6.51. The van der Waals surface area contributed by atoms with Crippen LogP contribution in [-0.4, -0.2) is 19.5 Å². The smallest absolute Gasteiger partial charge is 0.365 e. The topological polar surface area (TPSA) is 32.3 Å². The van der Waals surface area contributed by atoms with E-state index in [4.69, 9.17) is 0 Å². The molecule has 2 rings (SSSR count). The van der Waals surface area contributed by atoms with Gasteiger partial charge in [0.2, 0.25) is 5.91 Å². The summed E-state index contributed by atoms with van der Waals surface area (Å²) in [7, 11) is 1.77. The third-order valence-electron chi connectivity index (χ3n) is 3.07. The van der Waals surface area contributed by atoms with E-state index in [1.807, 2.05) is 30.3 Å². The largest absolute Gasteiger partial charge is 0.416 e. The first-order valence-corrected chi connectivity index (χ1v) is 6.59. The summed E-state index contributed by atoms with van der Waals surface area (Å²) in [6.45, 7) is 0.102. The summed E-state index contributed by atoms with van der Waals surface area (Å²) in [6.07, 6.45) is -4.38. The molecule has 116 valence electrons. The minimum atomic E-state index is -4.38. The van der Waals surface area contributed by atoms with Crippen molar-refractivity contribution in [3.63, 3.8) is 0 Å². The number of alkyl halides is 3. The van der Waals surface area contributed by atoms with E-state index in [2.05, 4.69) is 5.32 Å². The molecule has 0 spiro atoms. The van der Waals surface area contributed by atoms with Gasteiger partial charge in [0.05, 0.1) is 12.1 Å². The molecule has 6 heteroatoms. The summed E-state index contributed by atoms with van der Waals surface area (Å²) >= 11 is 0. The van der Waals surface area contributed by atoms with Crippen LogP contribution in [0.25, 0.3) is 0 Å². The van der Waals surface area contributed by atoms with Crippen molar-refractivity contribution in [3.05, 3.63) is 60.2 Å².